The van der Waals surface area contributed by atoms with Crippen molar-refractivity contribution in [1.29, 1.82) is 0 Å². The summed E-state index contributed by atoms with van der Waals surface area (Å²) in [7, 11) is 0. The van der Waals surface area contributed by atoms with E-state index in [4.69, 9.17) is 0 Å². The summed E-state index contributed by atoms with van der Waals surface area (Å²) in [5.41, 5.74) is 5.03. The SMILES string of the molecule is Cc1cnc(C(=O)Cc2ccc(Cc3c[nH]c4ncccc34)cn2)cn1. The Labute approximate surface area is 150 Å². The normalized spacial score (nSPS) is 11.0. The van der Waals surface area contributed by atoms with Crippen LogP contribution in [0.25, 0.3) is 11.0 Å². The van der Waals surface area contributed by atoms with Gasteiger partial charge >= 0.3 is 0 Å². The van der Waals surface area contributed by atoms with Crippen LogP contribution >= 0.6 is 0 Å². The minimum atomic E-state index is -0.0829. The van der Waals surface area contributed by atoms with Crippen molar-refractivity contribution in [2.75, 3.05) is 0 Å². The van der Waals surface area contributed by atoms with Crippen molar-refractivity contribution in [2.24, 2.45) is 0 Å². The fourth-order valence-corrected chi connectivity index (χ4v) is 2.83. The third kappa shape index (κ3) is 3.35. The Morgan fingerprint density at radius 3 is 2.73 bits per heavy atom. The lowest BCUT2D eigenvalue weighted by molar-refractivity contribution is 0.0986. The van der Waals surface area contributed by atoms with Gasteiger partial charge in [-0.3, -0.25) is 14.8 Å². The van der Waals surface area contributed by atoms with Crippen molar-refractivity contribution in [3.8, 4) is 0 Å². The second-order valence-electron chi connectivity index (χ2n) is 6.19. The van der Waals surface area contributed by atoms with Crippen molar-refractivity contribution >= 4 is 16.8 Å². The third-order valence-electron chi connectivity index (χ3n) is 4.23. The number of carbonyl (C=O) groups is 1. The maximum atomic E-state index is 12.3. The highest BCUT2D eigenvalue weighted by atomic mass is 16.1. The molecule has 4 aromatic rings. The van der Waals surface area contributed by atoms with Gasteiger partial charge in [0.25, 0.3) is 0 Å². The molecule has 0 spiro atoms. The molecule has 0 fully saturated rings. The van der Waals surface area contributed by atoms with Gasteiger partial charge in [-0.25, -0.2) is 9.97 Å². The van der Waals surface area contributed by atoms with Crippen LogP contribution in [0.1, 0.15) is 33.0 Å². The van der Waals surface area contributed by atoms with Gasteiger partial charge in [-0.05, 0) is 36.2 Å². The zero-order valence-electron chi connectivity index (χ0n) is 14.3. The number of fused-ring (bicyclic) bond motifs is 1. The number of ketones is 1. The Morgan fingerprint density at radius 2 is 1.96 bits per heavy atom. The fraction of sp³-hybridized carbons (Fsp3) is 0.150. The van der Waals surface area contributed by atoms with Gasteiger partial charge in [0.15, 0.2) is 5.78 Å². The minimum absolute atomic E-state index is 0.0829. The predicted octanol–water partition coefficient (Wildman–Crippen LogP) is 3.07. The Hall–Kier alpha value is -3.41. The lowest BCUT2D eigenvalue weighted by Gasteiger charge is -2.03. The highest BCUT2D eigenvalue weighted by Crippen LogP contribution is 2.19. The van der Waals surface area contributed by atoms with Crippen molar-refractivity contribution in [3.63, 3.8) is 0 Å². The first kappa shape index (κ1) is 16.1. The summed E-state index contributed by atoms with van der Waals surface area (Å²) < 4.78 is 0. The number of Topliss-reactive ketones (excluding diaryl/α,β-unsaturated/α-hetero) is 1. The molecule has 0 aromatic carbocycles. The summed E-state index contributed by atoms with van der Waals surface area (Å²) in [6, 6.07) is 7.88. The molecule has 0 saturated heterocycles. The first-order valence-electron chi connectivity index (χ1n) is 8.35. The maximum absolute atomic E-state index is 12.3. The molecule has 0 atom stereocenters. The molecule has 128 valence electrons. The summed E-state index contributed by atoms with van der Waals surface area (Å²) in [6.07, 6.45) is 9.65. The number of carbonyl (C=O) groups excluding carboxylic acids is 1. The van der Waals surface area contributed by atoms with E-state index in [1.54, 1.807) is 12.4 Å². The maximum Gasteiger partial charge on any atom is 0.188 e. The number of pyridine rings is 2. The number of aryl methyl sites for hydroxylation is 1. The molecule has 1 N–H and O–H groups in total. The van der Waals surface area contributed by atoms with E-state index in [0.29, 0.717) is 5.69 Å². The highest BCUT2D eigenvalue weighted by molar-refractivity contribution is 5.95. The second kappa shape index (κ2) is 6.84. The molecule has 6 heteroatoms. The molecule has 0 amide bonds. The molecule has 0 radical (unpaired) electrons. The van der Waals surface area contributed by atoms with E-state index < -0.39 is 0 Å². The number of nitrogens with one attached hydrogen (secondary N) is 1. The number of H-pyrrole nitrogens is 1. The van der Waals surface area contributed by atoms with Gasteiger partial charge in [0, 0.05) is 42.3 Å². The fourth-order valence-electron chi connectivity index (χ4n) is 2.83. The van der Waals surface area contributed by atoms with Crippen LogP contribution < -0.4 is 0 Å². The van der Waals surface area contributed by atoms with Crippen LogP contribution in [0, 0.1) is 6.92 Å². The van der Waals surface area contributed by atoms with E-state index >= 15 is 0 Å². The van der Waals surface area contributed by atoms with Crippen LogP contribution in [0.5, 0.6) is 0 Å². The standard InChI is InChI=1S/C20H17N5O/c1-13-9-24-18(12-22-13)19(26)8-16-5-4-14(10-23-16)7-15-11-25-20-17(15)3-2-6-21-20/h2-6,9-12H,7-8H2,1H3,(H,21,25). The van der Waals surface area contributed by atoms with E-state index in [9.17, 15) is 4.79 Å². The molecular formula is C20H17N5O. The summed E-state index contributed by atoms with van der Waals surface area (Å²) >= 11 is 0. The van der Waals surface area contributed by atoms with Crippen molar-refractivity contribution < 1.29 is 4.79 Å². The van der Waals surface area contributed by atoms with Crippen LogP contribution in [0.2, 0.25) is 0 Å². The molecule has 4 aromatic heterocycles. The zero-order chi connectivity index (χ0) is 17.9. The minimum Gasteiger partial charge on any atom is -0.346 e. The molecule has 0 saturated carbocycles. The lowest BCUT2D eigenvalue weighted by atomic mass is 10.1. The van der Waals surface area contributed by atoms with Gasteiger partial charge in [0.1, 0.15) is 11.3 Å². The summed E-state index contributed by atoms with van der Waals surface area (Å²) in [5.74, 6) is -0.0829. The molecule has 0 bridgehead atoms. The van der Waals surface area contributed by atoms with Gasteiger partial charge in [0.2, 0.25) is 0 Å². The Balaban J connectivity index is 1.46. The van der Waals surface area contributed by atoms with E-state index in [1.165, 1.54) is 11.8 Å². The van der Waals surface area contributed by atoms with Crippen molar-refractivity contribution in [1.82, 2.24) is 24.9 Å². The Morgan fingerprint density at radius 1 is 1.04 bits per heavy atom. The Bertz CT molecular complexity index is 1050. The van der Waals surface area contributed by atoms with E-state index in [1.807, 2.05) is 37.5 Å². The van der Waals surface area contributed by atoms with Crippen LogP contribution in [-0.2, 0) is 12.8 Å². The summed E-state index contributed by atoms with van der Waals surface area (Å²) in [5, 5.41) is 1.12. The molecule has 4 rings (SSSR count). The monoisotopic (exact) mass is 343 g/mol. The first-order chi connectivity index (χ1) is 12.7. The van der Waals surface area contributed by atoms with E-state index in [0.717, 1.165) is 34.4 Å². The zero-order valence-corrected chi connectivity index (χ0v) is 14.3. The Kier molecular flexibility index (Phi) is 4.23. The summed E-state index contributed by atoms with van der Waals surface area (Å²) in [6.45, 7) is 1.84. The van der Waals surface area contributed by atoms with Gasteiger partial charge < -0.3 is 4.98 Å². The number of nitrogens with zero attached hydrogens (tertiary/aromatic N) is 4. The van der Waals surface area contributed by atoms with E-state index in [-0.39, 0.29) is 12.2 Å². The third-order valence-corrected chi connectivity index (χ3v) is 4.23. The van der Waals surface area contributed by atoms with E-state index in [2.05, 4.69) is 31.0 Å². The van der Waals surface area contributed by atoms with Crippen LogP contribution in [0.15, 0.2) is 55.2 Å². The average molecular weight is 343 g/mol. The number of hydrogen-bond acceptors (Lipinski definition) is 5. The van der Waals surface area contributed by atoms with Gasteiger partial charge in [0.05, 0.1) is 18.3 Å². The molecule has 26 heavy (non-hydrogen) atoms. The second-order valence-corrected chi connectivity index (χ2v) is 6.19. The number of aromatic amines is 1. The smallest absolute Gasteiger partial charge is 0.188 e. The van der Waals surface area contributed by atoms with Crippen LogP contribution in [0.3, 0.4) is 0 Å². The van der Waals surface area contributed by atoms with Gasteiger partial charge in [-0.15, -0.1) is 0 Å². The molecule has 0 aliphatic carbocycles. The predicted molar refractivity (Wildman–Crippen MR) is 97.9 cm³/mol. The lowest BCUT2D eigenvalue weighted by Crippen LogP contribution is -2.08. The number of rotatable bonds is 5. The molecule has 6 nitrogen and oxygen atoms in total. The molecule has 0 aliphatic rings. The first-order valence-corrected chi connectivity index (χ1v) is 8.35. The van der Waals surface area contributed by atoms with Crippen molar-refractivity contribution in [3.05, 3.63) is 83.5 Å². The largest absolute Gasteiger partial charge is 0.346 e. The average Bonchev–Trinajstić information content (AvgIpc) is 3.07. The van der Waals surface area contributed by atoms with Gasteiger partial charge in [-0.1, -0.05) is 6.07 Å². The van der Waals surface area contributed by atoms with Crippen molar-refractivity contribution in [2.45, 2.75) is 19.8 Å². The number of hydrogen-bond donors (Lipinski definition) is 1. The quantitative estimate of drug-likeness (QED) is 0.563. The molecular weight excluding hydrogens is 326 g/mol. The topological polar surface area (TPSA) is 84.4 Å². The summed E-state index contributed by atoms with van der Waals surface area (Å²) in [4.78, 5) is 32.4. The van der Waals surface area contributed by atoms with Crippen LogP contribution in [-0.4, -0.2) is 30.7 Å². The highest BCUT2D eigenvalue weighted by Gasteiger charge is 2.10. The number of aromatic nitrogens is 5. The van der Waals surface area contributed by atoms with Gasteiger partial charge in [-0.2, -0.15) is 0 Å². The molecule has 0 unspecified atom stereocenters. The van der Waals surface area contributed by atoms with Crippen LogP contribution in [0.4, 0.5) is 0 Å². The molecule has 4 heterocycles. The molecule has 0 aliphatic heterocycles.